The molecule has 0 aliphatic carbocycles. The molecule has 0 aromatic rings. The van der Waals surface area contributed by atoms with Gasteiger partial charge in [-0.05, 0) is 12.3 Å². The van der Waals surface area contributed by atoms with Crippen molar-refractivity contribution in [3.8, 4) is 0 Å². The molecule has 0 fully saturated rings. The van der Waals surface area contributed by atoms with Gasteiger partial charge in [0.1, 0.15) is 12.1 Å². The van der Waals surface area contributed by atoms with E-state index in [1.165, 1.54) is 0 Å². The Bertz CT molecular complexity index is 669. The fraction of sp³-hybridized carbons (Fsp3) is 0.647. The second-order valence-corrected chi connectivity index (χ2v) is 6.83. The fourth-order valence-electron chi connectivity index (χ4n) is 2.32. The first-order valence-electron chi connectivity index (χ1n) is 9.31. The maximum Gasteiger partial charge on any atom is 0.326 e. The van der Waals surface area contributed by atoms with Crippen LogP contribution in [0.1, 0.15) is 39.5 Å². The summed E-state index contributed by atoms with van der Waals surface area (Å²) in [7, 11) is 0. The van der Waals surface area contributed by atoms with E-state index in [1.807, 2.05) is 0 Å². The molecule has 4 atom stereocenters. The lowest BCUT2D eigenvalue weighted by Gasteiger charge is -2.25. The van der Waals surface area contributed by atoms with Crippen molar-refractivity contribution in [3.05, 3.63) is 0 Å². The van der Waals surface area contributed by atoms with Crippen LogP contribution in [-0.4, -0.2) is 65.3 Å². The van der Waals surface area contributed by atoms with Crippen LogP contribution in [0.5, 0.6) is 0 Å². The molecule has 10 N–H and O–H groups in total. The van der Waals surface area contributed by atoms with Gasteiger partial charge in [-0.2, -0.15) is 0 Å². The molecule has 5 amide bonds. The summed E-state index contributed by atoms with van der Waals surface area (Å²) in [6.45, 7) is 2.91. The zero-order valence-electron chi connectivity index (χ0n) is 17.0. The number of amides is 5. The maximum atomic E-state index is 12.5. The highest BCUT2D eigenvalue weighted by Crippen LogP contribution is 2.09. The second kappa shape index (κ2) is 13.1. The predicted octanol–water partition coefficient (Wildman–Crippen LogP) is -3.33. The van der Waals surface area contributed by atoms with E-state index in [0.29, 0.717) is 6.42 Å². The Labute approximate surface area is 173 Å². The molecule has 4 unspecified atom stereocenters. The van der Waals surface area contributed by atoms with Gasteiger partial charge in [0.2, 0.25) is 29.5 Å². The van der Waals surface area contributed by atoms with Crippen LogP contribution >= 0.6 is 0 Å². The normalized spacial score (nSPS) is 14.5. The first kappa shape index (κ1) is 26.8. The molecule has 0 bridgehead atoms. The van der Waals surface area contributed by atoms with Gasteiger partial charge in [-0.3, -0.25) is 24.0 Å². The highest BCUT2D eigenvalue weighted by atomic mass is 16.4. The number of carbonyl (C=O) groups excluding carboxylic acids is 5. The van der Waals surface area contributed by atoms with Crippen LogP contribution in [0.15, 0.2) is 0 Å². The summed E-state index contributed by atoms with van der Waals surface area (Å²) in [5.41, 5.74) is 15.6. The zero-order valence-corrected chi connectivity index (χ0v) is 17.0. The van der Waals surface area contributed by atoms with Gasteiger partial charge in [0.05, 0.1) is 19.0 Å². The minimum Gasteiger partial charge on any atom is -0.480 e. The lowest BCUT2D eigenvalue weighted by molar-refractivity contribution is -0.143. The number of primary amides is 2. The lowest BCUT2D eigenvalue weighted by atomic mass is 9.97. The molecule has 0 saturated heterocycles. The molecule has 0 spiro atoms. The van der Waals surface area contributed by atoms with Gasteiger partial charge in [-0.15, -0.1) is 0 Å². The predicted molar refractivity (Wildman–Crippen MR) is 104 cm³/mol. The minimum absolute atomic E-state index is 0.00879. The van der Waals surface area contributed by atoms with Crippen molar-refractivity contribution in [2.75, 3.05) is 6.54 Å². The average Bonchev–Trinajstić information content (AvgIpc) is 2.66. The summed E-state index contributed by atoms with van der Waals surface area (Å²) in [4.78, 5) is 69.2. The average molecular weight is 430 g/mol. The number of nitrogens with one attached hydrogen (secondary N) is 3. The Balaban J connectivity index is 4.90. The van der Waals surface area contributed by atoms with E-state index in [-0.39, 0.29) is 18.8 Å². The molecule has 0 aliphatic rings. The molecule has 170 valence electrons. The molecule has 0 saturated carbocycles. The van der Waals surface area contributed by atoms with Crippen molar-refractivity contribution >= 4 is 35.5 Å². The Morgan fingerprint density at radius 3 is 2.03 bits per heavy atom. The van der Waals surface area contributed by atoms with Crippen molar-refractivity contribution in [2.24, 2.45) is 23.1 Å². The Morgan fingerprint density at radius 2 is 1.57 bits per heavy atom. The second-order valence-electron chi connectivity index (χ2n) is 6.83. The summed E-state index contributed by atoms with van der Waals surface area (Å²) < 4.78 is 0. The summed E-state index contributed by atoms with van der Waals surface area (Å²) in [5.74, 6) is -5.50. The molecular formula is C17H30N6O7. The van der Waals surface area contributed by atoms with Gasteiger partial charge in [-0.25, -0.2) is 4.79 Å². The molecular weight excluding hydrogens is 400 g/mol. The molecule has 0 aliphatic heterocycles. The number of carbonyl (C=O) groups is 6. The SMILES string of the molecule is CCC(C)C(NC(=O)C(N)CCC(N)=O)C(=O)NCC(=O)NC(CC(N)=O)C(=O)O. The number of carboxylic acids is 1. The Morgan fingerprint density at radius 1 is 0.967 bits per heavy atom. The van der Waals surface area contributed by atoms with Crippen molar-refractivity contribution in [1.82, 2.24) is 16.0 Å². The fourth-order valence-corrected chi connectivity index (χ4v) is 2.32. The van der Waals surface area contributed by atoms with Crippen LogP contribution in [0.4, 0.5) is 0 Å². The van der Waals surface area contributed by atoms with Gasteiger partial charge in [0, 0.05) is 6.42 Å². The van der Waals surface area contributed by atoms with Crippen molar-refractivity contribution < 1.29 is 33.9 Å². The van der Waals surface area contributed by atoms with E-state index in [9.17, 15) is 28.8 Å². The third kappa shape index (κ3) is 10.4. The third-order valence-electron chi connectivity index (χ3n) is 4.29. The van der Waals surface area contributed by atoms with Crippen molar-refractivity contribution in [3.63, 3.8) is 0 Å². The number of nitrogens with two attached hydrogens (primary N) is 3. The third-order valence-corrected chi connectivity index (χ3v) is 4.29. The number of carboxylic acid groups (broad SMARTS) is 1. The van der Waals surface area contributed by atoms with Crippen LogP contribution in [0.3, 0.4) is 0 Å². The van der Waals surface area contributed by atoms with Crippen LogP contribution in [0.2, 0.25) is 0 Å². The van der Waals surface area contributed by atoms with E-state index < -0.39 is 66.6 Å². The summed E-state index contributed by atoms with van der Waals surface area (Å²) in [5, 5.41) is 15.8. The van der Waals surface area contributed by atoms with Crippen molar-refractivity contribution in [2.45, 2.75) is 57.7 Å². The van der Waals surface area contributed by atoms with Gasteiger partial charge < -0.3 is 38.3 Å². The highest BCUT2D eigenvalue weighted by molar-refractivity contribution is 5.93. The van der Waals surface area contributed by atoms with E-state index in [1.54, 1.807) is 13.8 Å². The molecule has 0 heterocycles. The number of rotatable bonds is 14. The largest absolute Gasteiger partial charge is 0.480 e. The van der Waals surface area contributed by atoms with Gasteiger partial charge in [0.15, 0.2) is 0 Å². The van der Waals surface area contributed by atoms with Crippen molar-refractivity contribution in [1.29, 1.82) is 0 Å². The molecule has 0 aromatic heterocycles. The quantitative estimate of drug-likeness (QED) is 0.147. The molecule has 13 heteroatoms. The summed E-state index contributed by atoms with van der Waals surface area (Å²) >= 11 is 0. The van der Waals surface area contributed by atoms with Gasteiger partial charge in [0.25, 0.3) is 0 Å². The maximum absolute atomic E-state index is 12.5. The zero-order chi connectivity index (χ0) is 23.4. The smallest absolute Gasteiger partial charge is 0.326 e. The Kier molecular flexibility index (Phi) is 11.7. The van der Waals surface area contributed by atoms with E-state index in [0.717, 1.165) is 0 Å². The van der Waals surface area contributed by atoms with Crippen LogP contribution < -0.4 is 33.2 Å². The van der Waals surface area contributed by atoms with E-state index >= 15 is 0 Å². The van der Waals surface area contributed by atoms with Gasteiger partial charge in [-0.1, -0.05) is 20.3 Å². The number of hydrogen-bond acceptors (Lipinski definition) is 7. The van der Waals surface area contributed by atoms with Gasteiger partial charge >= 0.3 is 5.97 Å². The first-order valence-corrected chi connectivity index (χ1v) is 9.31. The number of aliphatic carboxylic acids is 1. The van der Waals surface area contributed by atoms with Crippen LogP contribution in [0, 0.1) is 5.92 Å². The van der Waals surface area contributed by atoms with E-state index in [2.05, 4.69) is 16.0 Å². The standard InChI is InChI=1S/C17H30N6O7/c1-3-8(2)14(23-15(27)9(18)4-5-11(19)24)16(28)21-7-13(26)22-10(17(29)30)6-12(20)25/h8-10,14H,3-7,18H2,1-2H3,(H2,19,24)(H2,20,25)(H,21,28)(H,22,26)(H,23,27)(H,29,30). The Hall–Kier alpha value is -3.22. The molecule has 0 radical (unpaired) electrons. The summed E-state index contributed by atoms with van der Waals surface area (Å²) in [6.07, 6.45) is -0.176. The molecule has 0 rings (SSSR count). The number of hydrogen-bond donors (Lipinski definition) is 7. The molecule has 13 nitrogen and oxygen atoms in total. The van der Waals surface area contributed by atoms with Crippen LogP contribution in [0.25, 0.3) is 0 Å². The monoisotopic (exact) mass is 430 g/mol. The molecule has 0 aromatic carbocycles. The highest BCUT2D eigenvalue weighted by Gasteiger charge is 2.29. The van der Waals surface area contributed by atoms with E-state index in [4.69, 9.17) is 22.3 Å². The van der Waals surface area contributed by atoms with Crippen LogP contribution in [-0.2, 0) is 28.8 Å². The minimum atomic E-state index is -1.53. The summed E-state index contributed by atoms with van der Waals surface area (Å²) in [6, 6.07) is -3.60. The molecule has 30 heavy (non-hydrogen) atoms. The lowest BCUT2D eigenvalue weighted by Crippen LogP contribution is -2.55. The topological polar surface area (TPSA) is 237 Å². The first-order chi connectivity index (χ1) is 13.9.